The molecule has 3 nitrogen and oxygen atoms in total. The van der Waals surface area contributed by atoms with Gasteiger partial charge in [0, 0.05) is 6.54 Å². The number of methoxy groups -OCH3 is 1. The zero-order valence-corrected chi connectivity index (χ0v) is 10.3. The lowest BCUT2D eigenvalue weighted by molar-refractivity contribution is -0.148. The first-order chi connectivity index (χ1) is 8.31. The molecule has 1 aromatic carbocycles. The molecule has 0 amide bonds. The Balaban J connectivity index is 2.04. The first-order valence-corrected chi connectivity index (χ1v) is 6.17. The largest absolute Gasteiger partial charge is 0.468 e. The quantitative estimate of drug-likeness (QED) is 0.750. The number of hydrogen-bond donors (Lipinski definition) is 0. The van der Waals surface area contributed by atoms with Crippen molar-refractivity contribution in [3.63, 3.8) is 0 Å². The van der Waals surface area contributed by atoms with Gasteiger partial charge in [-0.25, -0.2) is 0 Å². The Hall–Kier alpha value is -1.35. The lowest BCUT2D eigenvalue weighted by atomic mass is 10.0. The van der Waals surface area contributed by atoms with Gasteiger partial charge in [-0.1, -0.05) is 36.8 Å². The first-order valence-electron chi connectivity index (χ1n) is 6.17. The fourth-order valence-corrected chi connectivity index (χ4v) is 2.40. The van der Waals surface area contributed by atoms with Crippen LogP contribution >= 0.6 is 0 Å². The molecule has 0 radical (unpaired) electrons. The molecule has 1 aromatic rings. The van der Waals surface area contributed by atoms with E-state index in [0.29, 0.717) is 0 Å². The summed E-state index contributed by atoms with van der Waals surface area (Å²) in [5.41, 5.74) is 1.25. The third kappa shape index (κ3) is 3.07. The van der Waals surface area contributed by atoms with Crippen molar-refractivity contribution < 1.29 is 9.53 Å². The molecule has 1 aliphatic rings. The van der Waals surface area contributed by atoms with Gasteiger partial charge in [0.05, 0.1) is 7.11 Å². The Labute approximate surface area is 102 Å². The summed E-state index contributed by atoms with van der Waals surface area (Å²) in [5, 5.41) is 0. The van der Waals surface area contributed by atoms with Gasteiger partial charge in [-0.3, -0.25) is 9.69 Å². The molecular weight excluding hydrogens is 214 g/mol. The highest BCUT2D eigenvalue weighted by molar-refractivity contribution is 5.75. The summed E-state index contributed by atoms with van der Waals surface area (Å²) >= 11 is 0. The summed E-state index contributed by atoms with van der Waals surface area (Å²) in [6, 6.07) is 10.2. The van der Waals surface area contributed by atoms with Gasteiger partial charge in [-0.2, -0.15) is 0 Å². The van der Waals surface area contributed by atoms with Gasteiger partial charge < -0.3 is 4.74 Å². The van der Waals surface area contributed by atoms with Crippen molar-refractivity contribution in [2.24, 2.45) is 0 Å². The minimum Gasteiger partial charge on any atom is -0.468 e. The molecule has 17 heavy (non-hydrogen) atoms. The van der Waals surface area contributed by atoms with Gasteiger partial charge in [-0.05, 0) is 24.9 Å². The second-order valence-electron chi connectivity index (χ2n) is 4.49. The number of piperidine rings is 1. The highest BCUT2D eigenvalue weighted by atomic mass is 16.5. The van der Waals surface area contributed by atoms with Crippen molar-refractivity contribution in [1.82, 2.24) is 4.90 Å². The molecule has 0 spiro atoms. The standard InChI is InChI=1S/C14H19NO2/c1-17-14(16)13-9-5-6-10-15(13)11-12-7-3-2-4-8-12/h2-4,7-8,13H,5-6,9-11H2,1H3/t13-/m0/s1. The Kier molecular flexibility index (Phi) is 4.15. The van der Waals surface area contributed by atoms with Crippen LogP contribution in [0, 0.1) is 0 Å². The second-order valence-corrected chi connectivity index (χ2v) is 4.49. The van der Waals surface area contributed by atoms with Gasteiger partial charge in [0.1, 0.15) is 6.04 Å². The number of rotatable bonds is 3. The van der Waals surface area contributed by atoms with E-state index in [1.807, 2.05) is 18.2 Å². The van der Waals surface area contributed by atoms with Gasteiger partial charge in [0.2, 0.25) is 0 Å². The van der Waals surface area contributed by atoms with Crippen LogP contribution < -0.4 is 0 Å². The number of carbonyl (C=O) groups is 1. The molecule has 0 bridgehead atoms. The number of ether oxygens (including phenoxy) is 1. The zero-order valence-electron chi connectivity index (χ0n) is 10.3. The number of carbonyl (C=O) groups excluding carboxylic acids is 1. The average Bonchev–Trinajstić information content (AvgIpc) is 2.40. The third-order valence-corrected chi connectivity index (χ3v) is 3.32. The van der Waals surface area contributed by atoms with E-state index in [-0.39, 0.29) is 12.0 Å². The van der Waals surface area contributed by atoms with Crippen LogP contribution in [-0.2, 0) is 16.1 Å². The molecule has 3 heteroatoms. The molecule has 92 valence electrons. The minimum absolute atomic E-state index is 0.0612. The van der Waals surface area contributed by atoms with Crippen LogP contribution in [0.15, 0.2) is 30.3 Å². The smallest absolute Gasteiger partial charge is 0.323 e. The number of esters is 1. The van der Waals surface area contributed by atoms with E-state index in [1.54, 1.807) is 0 Å². The van der Waals surface area contributed by atoms with Crippen LogP contribution in [0.1, 0.15) is 24.8 Å². The van der Waals surface area contributed by atoms with E-state index in [1.165, 1.54) is 19.1 Å². The molecule has 1 saturated heterocycles. The average molecular weight is 233 g/mol. The molecule has 0 unspecified atom stereocenters. The Morgan fingerprint density at radius 1 is 1.35 bits per heavy atom. The SMILES string of the molecule is COC(=O)[C@@H]1CCCCN1Cc1ccccc1. The van der Waals surface area contributed by atoms with Crippen molar-refractivity contribution >= 4 is 5.97 Å². The maximum Gasteiger partial charge on any atom is 0.323 e. The van der Waals surface area contributed by atoms with E-state index in [2.05, 4.69) is 17.0 Å². The molecule has 0 saturated carbocycles. The van der Waals surface area contributed by atoms with Crippen molar-refractivity contribution in [3.05, 3.63) is 35.9 Å². The summed E-state index contributed by atoms with van der Waals surface area (Å²) < 4.78 is 4.88. The fraction of sp³-hybridized carbons (Fsp3) is 0.500. The lowest BCUT2D eigenvalue weighted by Gasteiger charge is -2.33. The molecule has 2 rings (SSSR count). The number of benzene rings is 1. The molecule has 1 atom stereocenters. The van der Waals surface area contributed by atoms with Gasteiger partial charge in [-0.15, -0.1) is 0 Å². The Bertz CT molecular complexity index is 364. The van der Waals surface area contributed by atoms with Gasteiger partial charge in [0.15, 0.2) is 0 Å². The van der Waals surface area contributed by atoms with Crippen molar-refractivity contribution in [3.8, 4) is 0 Å². The van der Waals surface area contributed by atoms with Gasteiger partial charge >= 0.3 is 5.97 Å². The fourth-order valence-electron chi connectivity index (χ4n) is 2.40. The Morgan fingerprint density at radius 2 is 2.12 bits per heavy atom. The minimum atomic E-state index is -0.0966. The van der Waals surface area contributed by atoms with E-state index < -0.39 is 0 Å². The van der Waals surface area contributed by atoms with E-state index in [0.717, 1.165) is 25.9 Å². The van der Waals surface area contributed by atoms with E-state index in [9.17, 15) is 4.79 Å². The number of nitrogens with zero attached hydrogens (tertiary/aromatic N) is 1. The number of likely N-dealkylation sites (tertiary alicyclic amines) is 1. The van der Waals surface area contributed by atoms with Crippen LogP contribution in [0.25, 0.3) is 0 Å². The molecule has 1 aliphatic heterocycles. The molecule has 0 aromatic heterocycles. The lowest BCUT2D eigenvalue weighted by Crippen LogP contribution is -2.44. The van der Waals surface area contributed by atoms with E-state index >= 15 is 0 Å². The highest BCUT2D eigenvalue weighted by Crippen LogP contribution is 2.20. The maximum absolute atomic E-state index is 11.7. The van der Waals surface area contributed by atoms with Crippen LogP contribution in [0.5, 0.6) is 0 Å². The Morgan fingerprint density at radius 3 is 2.82 bits per heavy atom. The van der Waals surface area contributed by atoms with Crippen molar-refractivity contribution in [2.75, 3.05) is 13.7 Å². The third-order valence-electron chi connectivity index (χ3n) is 3.32. The highest BCUT2D eigenvalue weighted by Gasteiger charge is 2.29. The molecule has 1 heterocycles. The summed E-state index contributed by atoms with van der Waals surface area (Å²) in [6.07, 6.45) is 3.20. The van der Waals surface area contributed by atoms with Crippen molar-refractivity contribution in [2.45, 2.75) is 31.8 Å². The topological polar surface area (TPSA) is 29.5 Å². The zero-order chi connectivity index (χ0) is 12.1. The summed E-state index contributed by atoms with van der Waals surface area (Å²) in [7, 11) is 1.47. The predicted octanol–water partition coefficient (Wildman–Crippen LogP) is 2.21. The molecule has 1 fully saturated rings. The van der Waals surface area contributed by atoms with Crippen LogP contribution in [-0.4, -0.2) is 30.6 Å². The number of hydrogen-bond acceptors (Lipinski definition) is 3. The molecule has 0 N–H and O–H groups in total. The second kappa shape index (κ2) is 5.82. The monoisotopic (exact) mass is 233 g/mol. The van der Waals surface area contributed by atoms with Gasteiger partial charge in [0.25, 0.3) is 0 Å². The normalized spacial score (nSPS) is 21.1. The predicted molar refractivity (Wildman–Crippen MR) is 66.5 cm³/mol. The maximum atomic E-state index is 11.7. The summed E-state index contributed by atoms with van der Waals surface area (Å²) in [5.74, 6) is -0.0966. The first kappa shape index (κ1) is 12.1. The molecular formula is C14H19NO2. The van der Waals surface area contributed by atoms with E-state index in [4.69, 9.17) is 4.74 Å². The summed E-state index contributed by atoms with van der Waals surface area (Å²) in [4.78, 5) is 13.9. The van der Waals surface area contributed by atoms with Crippen LogP contribution in [0.2, 0.25) is 0 Å². The van der Waals surface area contributed by atoms with Crippen LogP contribution in [0.3, 0.4) is 0 Å². The molecule has 0 aliphatic carbocycles. The van der Waals surface area contributed by atoms with Crippen LogP contribution in [0.4, 0.5) is 0 Å². The van der Waals surface area contributed by atoms with Crippen molar-refractivity contribution in [1.29, 1.82) is 0 Å². The summed E-state index contributed by atoms with van der Waals surface area (Å²) in [6.45, 7) is 1.81.